The van der Waals surface area contributed by atoms with Crippen LogP contribution in [0.2, 0.25) is 0 Å². The van der Waals surface area contributed by atoms with E-state index >= 15 is 0 Å². The number of hydrogen-bond donors (Lipinski definition) is 2. The van der Waals surface area contributed by atoms with E-state index in [0.29, 0.717) is 6.54 Å². The molecule has 1 aromatic heterocycles. The minimum atomic E-state index is -0.217. The normalized spacial score (nSPS) is 12.6. The number of nitrogens with one attached hydrogen (secondary N) is 2. The van der Waals surface area contributed by atoms with Gasteiger partial charge in [0, 0.05) is 12.0 Å². The first-order valence-corrected chi connectivity index (χ1v) is 6.31. The van der Waals surface area contributed by atoms with Gasteiger partial charge in [0.05, 0.1) is 0 Å². The number of aromatic nitrogens is 3. The molecule has 0 unspecified atom stereocenters. The van der Waals surface area contributed by atoms with Gasteiger partial charge in [-0.3, -0.25) is 9.89 Å². The maximum absolute atomic E-state index is 11.8. The number of carbonyl (C=O) groups is 1. The van der Waals surface area contributed by atoms with Crippen LogP contribution in [-0.2, 0) is 5.41 Å². The number of carbonyl (C=O) groups excluding carboxylic acids is 1. The highest BCUT2D eigenvalue weighted by molar-refractivity contribution is 5.90. The summed E-state index contributed by atoms with van der Waals surface area (Å²) in [6.45, 7) is 13.1. The second-order valence-corrected chi connectivity index (χ2v) is 6.82. The van der Waals surface area contributed by atoms with Crippen molar-refractivity contribution < 1.29 is 4.79 Å². The van der Waals surface area contributed by atoms with E-state index in [1.165, 1.54) is 0 Å². The topological polar surface area (TPSA) is 70.7 Å². The largest absolute Gasteiger partial charge is 0.349 e. The lowest BCUT2D eigenvalue weighted by Crippen LogP contribution is -2.28. The Morgan fingerprint density at radius 2 is 1.83 bits per heavy atom. The summed E-state index contributed by atoms with van der Waals surface area (Å²) in [6, 6.07) is 0. The summed E-state index contributed by atoms with van der Waals surface area (Å²) in [4.78, 5) is 16.0. The van der Waals surface area contributed by atoms with Gasteiger partial charge in [-0.05, 0) is 11.8 Å². The molecule has 5 nitrogen and oxygen atoms in total. The van der Waals surface area contributed by atoms with Crippen LogP contribution in [0, 0.1) is 5.41 Å². The molecule has 5 heteroatoms. The first-order valence-electron chi connectivity index (χ1n) is 6.31. The summed E-state index contributed by atoms with van der Waals surface area (Å²) in [6.07, 6.45) is 0.926. The molecule has 102 valence electrons. The Balaban J connectivity index is 2.55. The predicted octanol–water partition coefficient (Wildman–Crippen LogP) is 2.27. The van der Waals surface area contributed by atoms with E-state index in [0.717, 1.165) is 12.2 Å². The summed E-state index contributed by atoms with van der Waals surface area (Å²) >= 11 is 0. The van der Waals surface area contributed by atoms with E-state index in [1.807, 2.05) is 20.8 Å². The first-order chi connectivity index (χ1) is 8.09. The number of hydrogen-bond acceptors (Lipinski definition) is 3. The van der Waals surface area contributed by atoms with Gasteiger partial charge in [-0.1, -0.05) is 41.5 Å². The summed E-state index contributed by atoms with van der Waals surface area (Å²) in [5.41, 5.74) is 0.0831. The van der Waals surface area contributed by atoms with Gasteiger partial charge in [-0.2, -0.15) is 0 Å². The van der Waals surface area contributed by atoms with Crippen molar-refractivity contribution >= 4 is 5.91 Å². The third-order valence-electron chi connectivity index (χ3n) is 2.56. The van der Waals surface area contributed by atoms with Crippen molar-refractivity contribution in [2.24, 2.45) is 5.41 Å². The molecule has 0 aliphatic heterocycles. The molecule has 0 aliphatic carbocycles. The van der Waals surface area contributed by atoms with Crippen molar-refractivity contribution in [3.8, 4) is 0 Å². The molecule has 0 spiro atoms. The Hall–Kier alpha value is -1.39. The summed E-state index contributed by atoms with van der Waals surface area (Å²) < 4.78 is 0. The van der Waals surface area contributed by atoms with Gasteiger partial charge in [0.1, 0.15) is 5.82 Å². The smallest absolute Gasteiger partial charge is 0.290 e. The van der Waals surface area contributed by atoms with E-state index in [9.17, 15) is 4.79 Å². The minimum Gasteiger partial charge on any atom is -0.349 e. The number of rotatable bonds is 3. The van der Waals surface area contributed by atoms with Crippen molar-refractivity contribution in [3.63, 3.8) is 0 Å². The average molecular weight is 252 g/mol. The molecule has 1 rings (SSSR count). The van der Waals surface area contributed by atoms with Crippen molar-refractivity contribution in [3.05, 3.63) is 11.6 Å². The summed E-state index contributed by atoms with van der Waals surface area (Å²) in [5.74, 6) is 0.725. The molecule has 0 fully saturated rings. The van der Waals surface area contributed by atoms with Crippen LogP contribution in [0.1, 0.15) is 64.4 Å². The average Bonchev–Trinajstić information content (AvgIpc) is 2.62. The molecule has 18 heavy (non-hydrogen) atoms. The van der Waals surface area contributed by atoms with Gasteiger partial charge in [0.2, 0.25) is 5.82 Å². The van der Waals surface area contributed by atoms with Crippen LogP contribution in [0.5, 0.6) is 0 Å². The molecule has 1 heterocycles. The third-order valence-corrected chi connectivity index (χ3v) is 2.56. The SMILES string of the molecule is CC(C)(C)CCNC(=O)c1n[nH]c(C(C)(C)C)n1. The molecule has 0 atom stereocenters. The molecule has 0 saturated heterocycles. The van der Waals surface area contributed by atoms with Crippen LogP contribution in [0.4, 0.5) is 0 Å². The third kappa shape index (κ3) is 4.47. The second-order valence-electron chi connectivity index (χ2n) is 6.82. The highest BCUT2D eigenvalue weighted by Crippen LogP contribution is 2.18. The zero-order valence-electron chi connectivity index (χ0n) is 12.2. The molecule has 0 saturated carbocycles. The fourth-order valence-corrected chi connectivity index (χ4v) is 1.33. The van der Waals surface area contributed by atoms with Crippen molar-refractivity contribution in [2.75, 3.05) is 6.54 Å². The monoisotopic (exact) mass is 252 g/mol. The van der Waals surface area contributed by atoms with E-state index in [4.69, 9.17) is 0 Å². The van der Waals surface area contributed by atoms with Crippen molar-refractivity contribution in [1.29, 1.82) is 0 Å². The first kappa shape index (κ1) is 14.7. The second kappa shape index (κ2) is 5.08. The van der Waals surface area contributed by atoms with Gasteiger partial charge in [-0.15, -0.1) is 5.10 Å². The van der Waals surface area contributed by atoms with Crippen LogP contribution in [0.3, 0.4) is 0 Å². The van der Waals surface area contributed by atoms with E-state index in [2.05, 4.69) is 41.3 Å². The quantitative estimate of drug-likeness (QED) is 0.867. The Kier molecular flexibility index (Phi) is 4.14. The number of amides is 1. The van der Waals surface area contributed by atoms with E-state index in [-0.39, 0.29) is 22.6 Å². The van der Waals surface area contributed by atoms with Crippen LogP contribution < -0.4 is 5.32 Å². The van der Waals surface area contributed by atoms with Crippen LogP contribution >= 0.6 is 0 Å². The number of nitrogens with zero attached hydrogens (tertiary/aromatic N) is 2. The Labute approximate surface area is 109 Å². The molecule has 2 N–H and O–H groups in total. The number of aromatic amines is 1. The van der Waals surface area contributed by atoms with Gasteiger partial charge in [0.15, 0.2) is 0 Å². The van der Waals surface area contributed by atoms with Gasteiger partial charge in [-0.25, -0.2) is 4.98 Å². The Morgan fingerprint density at radius 3 is 2.28 bits per heavy atom. The van der Waals surface area contributed by atoms with Crippen molar-refractivity contribution in [2.45, 2.75) is 53.4 Å². The van der Waals surface area contributed by atoms with Crippen LogP contribution in [0.15, 0.2) is 0 Å². The summed E-state index contributed by atoms with van der Waals surface area (Å²) in [5, 5.41) is 9.60. The van der Waals surface area contributed by atoms with Crippen LogP contribution in [-0.4, -0.2) is 27.6 Å². The zero-order chi connectivity index (χ0) is 14.0. The molecule has 0 aliphatic rings. The van der Waals surface area contributed by atoms with Gasteiger partial charge >= 0.3 is 0 Å². The molecular weight excluding hydrogens is 228 g/mol. The van der Waals surface area contributed by atoms with E-state index in [1.54, 1.807) is 0 Å². The standard InChI is InChI=1S/C13H24N4O/c1-12(2,3)7-8-14-10(18)9-15-11(17-16-9)13(4,5)6/h7-8H2,1-6H3,(H,14,18)(H,15,16,17). The zero-order valence-corrected chi connectivity index (χ0v) is 12.2. The van der Waals surface area contributed by atoms with Gasteiger partial charge in [0.25, 0.3) is 5.91 Å². The summed E-state index contributed by atoms with van der Waals surface area (Å²) in [7, 11) is 0. The van der Waals surface area contributed by atoms with E-state index < -0.39 is 0 Å². The molecule has 1 aromatic rings. The Bertz CT molecular complexity index is 409. The lowest BCUT2D eigenvalue weighted by atomic mass is 9.92. The van der Waals surface area contributed by atoms with Gasteiger partial charge < -0.3 is 5.32 Å². The fraction of sp³-hybridized carbons (Fsp3) is 0.769. The molecule has 0 radical (unpaired) electrons. The Morgan fingerprint density at radius 1 is 1.22 bits per heavy atom. The fourth-order valence-electron chi connectivity index (χ4n) is 1.33. The minimum absolute atomic E-state index is 0.128. The highest BCUT2D eigenvalue weighted by Gasteiger charge is 2.21. The van der Waals surface area contributed by atoms with Crippen LogP contribution in [0.25, 0.3) is 0 Å². The molecular formula is C13H24N4O. The maximum atomic E-state index is 11.8. The predicted molar refractivity (Wildman–Crippen MR) is 71.5 cm³/mol. The molecule has 1 amide bonds. The highest BCUT2D eigenvalue weighted by atomic mass is 16.2. The van der Waals surface area contributed by atoms with Crippen molar-refractivity contribution in [1.82, 2.24) is 20.5 Å². The lowest BCUT2D eigenvalue weighted by Gasteiger charge is -2.17. The molecule has 0 aromatic carbocycles. The maximum Gasteiger partial charge on any atom is 0.290 e. The number of H-pyrrole nitrogens is 1. The molecule has 0 bridgehead atoms. The lowest BCUT2D eigenvalue weighted by molar-refractivity contribution is 0.0939.